The average Bonchev–Trinajstić information content (AvgIpc) is 3.31. The van der Waals surface area contributed by atoms with Gasteiger partial charge >= 0.3 is 6.03 Å². The fraction of sp³-hybridized carbons (Fsp3) is 0.476. The van der Waals surface area contributed by atoms with Crippen molar-refractivity contribution in [3.05, 3.63) is 34.1 Å². The van der Waals surface area contributed by atoms with Crippen molar-refractivity contribution in [3.63, 3.8) is 0 Å². The zero-order valence-corrected chi connectivity index (χ0v) is 18.8. The first kappa shape index (κ1) is 22.9. The number of halogens is 1. The first-order chi connectivity index (χ1) is 14.7. The molecule has 1 saturated heterocycles. The number of carbonyl (C=O) groups excluding carboxylic acids is 2. The first-order valence-corrected chi connectivity index (χ1v) is 10.6. The highest BCUT2D eigenvalue weighted by Crippen LogP contribution is 2.31. The number of likely N-dealkylation sites (tertiary alicyclic amines) is 1. The van der Waals surface area contributed by atoms with Gasteiger partial charge in [0.15, 0.2) is 5.15 Å². The van der Waals surface area contributed by atoms with Gasteiger partial charge in [-0.05, 0) is 52.2 Å². The molecule has 1 atom stereocenters. The maximum absolute atomic E-state index is 13.0. The Balaban J connectivity index is 1.88. The van der Waals surface area contributed by atoms with E-state index in [9.17, 15) is 14.7 Å². The molecule has 9 nitrogen and oxygen atoms in total. The largest absolute Gasteiger partial charge is 0.490 e. The number of aryl methyl sites for hydroxylation is 2. The van der Waals surface area contributed by atoms with E-state index in [0.29, 0.717) is 40.5 Å². The number of aliphatic hydroxyl groups is 1. The minimum Gasteiger partial charge on any atom is -0.490 e. The quantitative estimate of drug-likeness (QED) is 0.536. The molecule has 1 aliphatic heterocycles. The lowest BCUT2D eigenvalue weighted by Gasteiger charge is -2.24. The number of H-pyrrole nitrogens is 1. The van der Waals surface area contributed by atoms with Crippen LogP contribution in [-0.2, 0) is 0 Å². The smallest absolute Gasteiger partial charge is 0.322 e. The summed E-state index contributed by atoms with van der Waals surface area (Å²) < 4.78 is 5.87. The van der Waals surface area contributed by atoms with Crippen LogP contribution in [0.25, 0.3) is 0 Å². The zero-order chi connectivity index (χ0) is 22.7. The maximum Gasteiger partial charge on any atom is 0.322 e. The topological polar surface area (TPSA) is 120 Å². The second-order valence-electron chi connectivity index (χ2n) is 7.90. The molecule has 4 N–H and O–H groups in total. The highest BCUT2D eigenvalue weighted by atomic mass is 35.5. The van der Waals surface area contributed by atoms with Gasteiger partial charge < -0.3 is 25.4 Å². The summed E-state index contributed by atoms with van der Waals surface area (Å²) in [6.07, 6.45) is 1.45. The predicted octanol–water partition coefficient (Wildman–Crippen LogP) is 3.71. The lowest BCUT2D eigenvalue weighted by atomic mass is 10.1. The van der Waals surface area contributed by atoms with Crippen LogP contribution in [0.5, 0.6) is 5.75 Å². The molecule has 31 heavy (non-hydrogen) atoms. The van der Waals surface area contributed by atoms with E-state index in [0.717, 1.165) is 12.8 Å². The van der Waals surface area contributed by atoms with Crippen molar-refractivity contribution in [1.82, 2.24) is 15.1 Å². The molecule has 1 fully saturated rings. The van der Waals surface area contributed by atoms with Gasteiger partial charge in [0.05, 0.1) is 30.0 Å². The second kappa shape index (κ2) is 9.57. The molecule has 10 heteroatoms. The summed E-state index contributed by atoms with van der Waals surface area (Å²) in [6, 6.07) is 2.85. The number of amides is 3. The molecular weight excluding hydrogens is 422 g/mol. The van der Waals surface area contributed by atoms with E-state index in [4.69, 9.17) is 16.3 Å². The van der Waals surface area contributed by atoms with Gasteiger partial charge in [0, 0.05) is 18.3 Å². The Morgan fingerprint density at radius 3 is 2.71 bits per heavy atom. The van der Waals surface area contributed by atoms with Crippen LogP contribution in [0.2, 0.25) is 5.15 Å². The Morgan fingerprint density at radius 2 is 2.10 bits per heavy atom. The van der Waals surface area contributed by atoms with Crippen molar-refractivity contribution in [2.45, 2.75) is 52.7 Å². The molecule has 2 aromatic rings. The van der Waals surface area contributed by atoms with Crippen molar-refractivity contribution in [1.29, 1.82) is 0 Å². The fourth-order valence-corrected chi connectivity index (χ4v) is 3.79. The summed E-state index contributed by atoms with van der Waals surface area (Å²) in [5.74, 6) is -0.0614. The van der Waals surface area contributed by atoms with E-state index in [1.54, 1.807) is 30.9 Å². The van der Waals surface area contributed by atoms with Crippen molar-refractivity contribution in [2.75, 3.05) is 23.8 Å². The zero-order valence-electron chi connectivity index (χ0n) is 18.1. The van der Waals surface area contributed by atoms with Crippen LogP contribution in [-0.4, -0.2) is 57.4 Å². The van der Waals surface area contributed by atoms with Gasteiger partial charge in [-0.2, -0.15) is 5.10 Å². The Kier molecular flexibility index (Phi) is 7.07. The third-order valence-electron chi connectivity index (χ3n) is 5.17. The molecule has 0 radical (unpaired) electrons. The number of rotatable bonds is 6. The molecule has 0 bridgehead atoms. The number of nitrogens with zero attached hydrogens (tertiary/aromatic N) is 2. The van der Waals surface area contributed by atoms with E-state index in [1.165, 1.54) is 0 Å². The minimum absolute atomic E-state index is 0.0663. The molecule has 1 aliphatic rings. The third kappa shape index (κ3) is 5.11. The van der Waals surface area contributed by atoms with Gasteiger partial charge in [-0.1, -0.05) is 11.6 Å². The molecule has 1 aromatic heterocycles. The van der Waals surface area contributed by atoms with Crippen molar-refractivity contribution < 1.29 is 19.4 Å². The second-order valence-corrected chi connectivity index (χ2v) is 8.26. The number of aliphatic hydroxyl groups excluding tert-OH is 1. The molecular formula is C21H28ClN5O4. The lowest BCUT2D eigenvalue weighted by Crippen LogP contribution is -2.40. The average molecular weight is 450 g/mol. The molecule has 1 aromatic carbocycles. The van der Waals surface area contributed by atoms with Gasteiger partial charge in [0.2, 0.25) is 0 Å². The summed E-state index contributed by atoms with van der Waals surface area (Å²) in [6.45, 7) is 7.79. The van der Waals surface area contributed by atoms with Crippen molar-refractivity contribution in [2.24, 2.45) is 0 Å². The SMILES string of the molecule is Cc1cc(C(=O)Nc2c(Cl)n[nH]c2C)c(OC(C)C)cc1NC(=O)N1CCC[C@@H]1CO. The summed E-state index contributed by atoms with van der Waals surface area (Å²) in [5, 5.41) is 21.9. The Hall–Kier alpha value is -2.78. The first-order valence-electron chi connectivity index (χ1n) is 10.2. The van der Waals surface area contributed by atoms with E-state index < -0.39 is 5.91 Å². The molecule has 0 spiro atoms. The summed E-state index contributed by atoms with van der Waals surface area (Å²) in [5.41, 5.74) is 2.59. The van der Waals surface area contributed by atoms with Crippen LogP contribution in [0, 0.1) is 13.8 Å². The van der Waals surface area contributed by atoms with Crippen LogP contribution >= 0.6 is 11.6 Å². The number of benzene rings is 1. The fourth-order valence-electron chi connectivity index (χ4n) is 3.56. The number of aromatic nitrogens is 2. The van der Waals surface area contributed by atoms with Crippen molar-refractivity contribution >= 4 is 34.9 Å². The van der Waals surface area contributed by atoms with E-state index in [-0.39, 0.29) is 29.9 Å². The van der Waals surface area contributed by atoms with Crippen LogP contribution in [0.4, 0.5) is 16.2 Å². The Morgan fingerprint density at radius 1 is 1.35 bits per heavy atom. The van der Waals surface area contributed by atoms with Gasteiger partial charge in [0.25, 0.3) is 5.91 Å². The number of ether oxygens (including phenoxy) is 1. The number of hydrogen-bond acceptors (Lipinski definition) is 5. The highest BCUT2D eigenvalue weighted by molar-refractivity contribution is 6.33. The Labute approximate surface area is 186 Å². The number of carbonyl (C=O) groups is 2. The standard InChI is InChI=1S/C21H28ClN5O4/c1-11(2)31-17-9-16(23-21(30)27-7-5-6-14(27)10-28)12(3)8-15(17)20(29)24-18-13(4)25-26-19(18)22/h8-9,11,14,28H,5-7,10H2,1-4H3,(H,23,30)(H,24,29)(H,25,26)/t14-/m1/s1. The van der Waals surface area contributed by atoms with Crippen LogP contribution in [0.15, 0.2) is 12.1 Å². The number of urea groups is 1. The van der Waals surface area contributed by atoms with E-state index >= 15 is 0 Å². The normalized spacial score (nSPS) is 16.0. The third-order valence-corrected chi connectivity index (χ3v) is 5.44. The van der Waals surface area contributed by atoms with Gasteiger partial charge in [0.1, 0.15) is 11.4 Å². The molecule has 3 amide bonds. The van der Waals surface area contributed by atoms with Gasteiger partial charge in [-0.3, -0.25) is 9.89 Å². The lowest BCUT2D eigenvalue weighted by molar-refractivity contribution is 0.102. The number of nitrogens with one attached hydrogen (secondary N) is 3. The predicted molar refractivity (Wildman–Crippen MR) is 119 cm³/mol. The van der Waals surface area contributed by atoms with E-state index in [2.05, 4.69) is 20.8 Å². The monoisotopic (exact) mass is 449 g/mol. The van der Waals surface area contributed by atoms with Crippen LogP contribution in [0.1, 0.15) is 48.3 Å². The van der Waals surface area contributed by atoms with E-state index in [1.807, 2.05) is 13.8 Å². The maximum atomic E-state index is 13.0. The summed E-state index contributed by atoms with van der Waals surface area (Å²) >= 11 is 6.04. The van der Waals surface area contributed by atoms with Crippen LogP contribution < -0.4 is 15.4 Å². The molecule has 0 aliphatic carbocycles. The number of anilines is 2. The Bertz CT molecular complexity index is 955. The molecule has 2 heterocycles. The van der Waals surface area contributed by atoms with Gasteiger partial charge in [-0.15, -0.1) is 0 Å². The molecule has 3 rings (SSSR count). The summed E-state index contributed by atoms with van der Waals surface area (Å²) in [7, 11) is 0. The molecule has 168 valence electrons. The van der Waals surface area contributed by atoms with Crippen molar-refractivity contribution in [3.8, 4) is 5.75 Å². The van der Waals surface area contributed by atoms with Gasteiger partial charge in [-0.25, -0.2) is 4.79 Å². The number of hydrogen-bond donors (Lipinski definition) is 4. The molecule has 0 saturated carbocycles. The highest BCUT2D eigenvalue weighted by Gasteiger charge is 2.29. The van der Waals surface area contributed by atoms with Crippen LogP contribution in [0.3, 0.4) is 0 Å². The number of aromatic amines is 1. The summed E-state index contributed by atoms with van der Waals surface area (Å²) in [4.78, 5) is 27.3. The molecule has 0 unspecified atom stereocenters. The minimum atomic E-state index is -0.400.